The van der Waals surface area contributed by atoms with E-state index >= 15 is 0 Å². The van der Waals surface area contributed by atoms with Crippen LogP contribution in [0.5, 0.6) is 0 Å². The van der Waals surface area contributed by atoms with Crippen LogP contribution in [0.1, 0.15) is 57.4 Å². The molecule has 0 radical (unpaired) electrons. The summed E-state index contributed by atoms with van der Waals surface area (Å²) in [6.45, 7) is 2.33. The summed E-state index contributed by atoms with van der Waals surface area (Å²) in [4.78, 5) is 17.0. The molecule has 4 N–H and O–H groups in total. The number of aliphatic hydroxyl groups is 3. The number of allylic oxidation sites excluding steroid dienone is 2. The monoisotopic (exact) mass is 506 g/mol. The van der Waals surface area contributed by atoms with E-state index in [2.05, 4.69) is 30.1 Å². The Labute approximate surface area is 217 Å². The zero-order valence-electron chi connectivity index (χ0n) is 21.9. The Kier molecular flexibility index (Phi) is 4.90. The lowest BCUT2D eigenvalue weighted by Crippen LogP contribution is -2.73. The predicted octanol–water partition coefficient (Wildman–Crippen LogP) is 2.83. The van der Waals surface area contributed by atoms with Gasteiger partial charge >= 0.3 is 0 Å². The molecule has 2 saturated carbocycles. The molecule has 7 heteroatoms. The zero-order chi connectivity index (χ0) is 26.0. The highest BCUT2D eigenvalue weighted by Crippen LogP contribution is 2.71. The van der Waals surface area contributed by atoms with Crippen molar-refractivity contribution in [3.8, 4) is 0 Å². The maximum Gasteiger partial charge on any atom is 0.255 e. The molecule has 198 valence electrons. The van der Waals surface area contributed by atoms with Gasteiger partial charge in [-0.3, -0.25) is 4.79 Å². The first-order valence-electron chi connectivity index (χ1n) is 13.8. The van der Waals surface area contributed by atoms with E-state index in [0.717, 1.165) is 36.6 Å². The van der Waals surface area contributed by atoms with Crippen LogP contribution in [0.3, 0.4) is 0 Å². The van der Waals surface area contributed by atoms with Crippen molar-refractivity contribution in [1.82, 2.24) is 9.88 Å². The van der Waals surface area contributed by atoms with E-state index in [1.807, 2.05) is 31.1 Å². The molecule has 3 heterocycles. The average Bonchev–Trinajstić information content (AvgIpc) is 3.40. The van der Waals surface area contributed by atoms with Gasteiger partial charge in [-0.25, -0.2) is 0 Å². The van der Waals surface area contributed by atoms with Gasteiger partial charge in [0.05, 0.1) is 23.4 Å². The fourth-order valence-corrected chi connectivity index (χ4v) is 9.42. The molecule has 4 fully saturated rings. The van der Waals surface area contributed by atoms with Gasteiger partial charge in [0, 0.05) is 29.5 Å². The third kappa shape index (κ3) is 2.92. The molecular weight excluding hydrogens is 468 g/mol. The Bertz CT molecular complexity index is 1370. The van der Waals surface area contributed by atoms with Crippen LogP contribution in [-0.4, -0.2) is 74.4 Å². The number of H-pyrrole nitrogens is 1. The Morgan fingerprint density at radius 3 is 2.65 bits per heavy atom. The van der Waals surface area contributed by atoms with Crippen LogP contribution in [0, 0.1) is 17.3 Å². The van der Waals surface area contributed by atoms with Gasteiger partial charge in [0.25, 0.3) is 5.56 Å². The van der Waals surface area contributed by atoms with Crippen molar-refractivity contribution < 1.29 is 20.1 Å². The number of aliphatic hydroxyl groups excluding tert-OH is 2. The summed E-state index contributed by atoms with van der Waals surface area (Å²) in [6, 6.07) is 7.87. The molecule has 9 atom stereocenters. The lowest BCUT2D eigenvalue weighted by molar-refractivity contribution is -0.331. The van der Waals surface area contributed by atoms with Crippen LogP contribution >= 0.6 is 0 Å². The average molecular weight is 507 g/mol. The molecule has 1 aromatic carbocycles. The minimum atomic E-state index is -1.02. The first-order valence-corrected chi connectivity index (χ1v) is 13.8. The highest BCUT2D eigenvalue weighted by Gasteiger charge is 2.76. The first kappa shape index (κ1) is 24.0. The van der Waals surface area contributed by atoms with Crippen molar-refractivity contribution in [2.24, 2.45) is 17.3 Å². The predicted molar refractivity (Wildman–Crippen MR) is 141 cm³/mol. The van der Waals surface area contributed by atoms with E-state index in [0.29, 0.717) is 24.6 Å². The third-order valence-corrected chi connectivity index (χ3v) is 11.3. The van der Waals surface area contributed by atoms with E-state index in [-0.39, 0.29) is 28.9 Å². The second-order valence-electron chi connectivity index (χ2n) is 13.0. The van der Waals surface area contributed by atoms with Gasteiger partial charge in [0.15, 0.2) is 0 Å². The summed E-state index contributed by atoms with van der Waals surface area (Å²) in [5.74, 6) is -0.137. The maximum atomic E-state index is 12.3. The standard InChI is InChI=1S/C30H38N2O5/c1-27-9-11-29(36)15-21-24(33)25(34)22(32(2)3)16-28(21)10-12-30(29,37-28)23(27)7-6-20(27)18-4-5-19-17(14-18)8-13-31-26(19)35/h4-6,8,13-14,21-25,33-34,36H,7,9-12,15-16H2,1-3H3,(H,31,35)/t21?,22-,23?,24+,25+,27+,28+,29?,30-/m0/s1. The van der Waals surface area contributed by atoms with Crippen molar-refractivity contribution in [3.05, 3.63) is 52.5 Å². The van der Waals surface area contributed by atoms with Crippen LogP contribution in [0.2, 0.25) is 0 Å². The second-order valence-corrected chi connectivity index (χ2v) is 13.0. The first-order chi connectivity index (χ1) is 17.5. The van der Waals surface area contributed by atoms with E-state index in [1.54, 1.807) is 6.20 Å². The Balaban J connectivity index is 1.27. The van der Waals surface area contributed by atoms with E-state index < -0.39 is 29.0 Å². The molecule has 2 aliphatic heterocycles. The molecule has 2 bridgehead atoms. The molecule has 7 nitrogen and oxygen atoms in total. The summed E-state index contributed by atoms with van der Waals surface area (Å²) in [6.07, 6.45) is 7.28. The number of aromatic amines is 1. The molecule has 3 unspecified atom stereocenters. The molecule has 2 saturated heterocycles. The maximum absolute atomic E-state index is 12.3. The number of likely N-dealkylation sites (N-methyl/N-ethyl adjacent to an activating group) is 1. The summed E-state index contributed by atoms with van der Waals surface area (Å²) in [5, 5.41) is 36.1. The van der Waals surface area contributed by atoms with E-state index in [4.69, 9.17) is 4.74 Å². The van der Waals surface area contributed by atoms with Gasteiger partial charge < -0.3 is 29.9 Å². The highest BCUT2D eigenvalue weighted by molar-refractivity contribution is 5.87. The molecule has 37 heavy (non-hydrogen) atoms. The van der Waals surface area contributed by atoms with Crippen LogP contribution in [-0.2, 0) is 4.74 Å². The van der Waals surface area contributed by atoms with Gasteiger partial charge in [-0.05, 0) is 99.2 Å². The lowest BCUT2D eigenvalue weighted by atomic mass is 9.51. The van der Waals surface area contributed by atoms with Crippen LogP contribution < -0.4 is 5.56 Å². The van der Waals surface area contributed by atoms with E-state index in [1.165, 1.54) is 5.57 Å². The van der Waals surface area contributed by atoms with Crippen LogP contribution in [0.15, 0.2) is 41.3 Å². The molecule has 2 spiro atoms. The number of ether oxygens (including phenoxy) is 1. The van der Waals surface area contributed by atoms with Gasteiger partial charge in [-0.15, -0.1) is 0 Å². The Morgan fingerprint density at radius 2 is 1.86 bits per heavy atom. The van der Waals surface area contributed by atoms with Gasteiger partial charge in [0.2, 0.25) is 0 Å². The lowest BCUT2D eigenvalue weighted by Gasteiger charge is -2.65. The fraction of sp³-hybridized carbons (Fsp3) is 0.633. The summed E-state index contributed by atoms with van der Waals surface area (Å²) in [7, 11) is 3.90. The summed E-state index contributed by atoms with van der Waals surface area (Å²) >= 11 is 0. The van der Waals surface area contributed by atoms with Gasteiger partial charge in [0.1, 0.15) is 5.60 Å². The Morgan fingerprint density at radius 1 is 1.05 bits per heavy atom. The minimum absolute atomic E-state index is 0.0765. The molecule has 7 rings (SSSR count). The molecule has 2 aromatic rings. The third-order valence-electron chi connectivity index (χ3n) is 11.3. The number of rotatable bonds is 2. The SMILES string of the molecule is CN(C)[C@H]1C[C@@]23CC[C@]4(O2)C2CC=C(c5ccc6c(=O)[nH]ccc6c5)[C@@]2(C)CCC4(O)CC3[C@@H](O)[C@@H]1O. The van der Waals surface area contributed by atoms with Crippen molar-refractivity contribution in [3.63, 3.8) is 0 Å². The molecule has 0 amide bonds. The number of benzene rings is 1. The smallest absolute Gasteiger partial charge is 0.255 e. The second kappa shape index (κ2) is 7.54. The van der Waals surface area contributed by atoms with Crippen LogP contribution in [0.4, 0.5) is 0 Å². The number of pyridine rings is 1. The summed E-state index contributed by atoms with van der Waals surface area (Å²) < 4.78 is 7.21. The molecule has 5 aliphatic rings. The van der Waals surface area contributed by atoms with Crippen molar-refractivity contribution >= 4 is 16.3 Å². The number of hydrogen-bond donors (Lipinski definition) is 4. The zero-order valence-corrected chi connectivity index (χ0v) is 21.9. The largest absolute Gasteiger partial charge is 0.390 e. The Hall–Kier alpha value is -2.03. The van der Waals surface area contributed by atoms with Gasteiger partial charge in [-0.2, -0.15) is 0 Å². The van der Waals surface area contributed by atoms with Crippen molar-refractivity contribution in [1.29, 1.82) is 0 Å². The normalized spacial score (nSPS) is 46.5. The number of hydrogen-bond acceptors (Lipinski definition) is 6. The van der Waals surface area contributed by atoms with Crippen molar-refractivity contribution in [2.45, 2.75) is 86.9 Å². The highest BCUT2D eigenvalue weighted by atomic mass is 16.6. The topological polar surface area (TPSA) is 106 Å². The molecular formula is C30H38N2O5. The fourth-order valence-electron chi connectivity index (χ4n) is 9.42. The van der Waals surface area contributed by atoms with Crippen molar-refractivity contribution in [2.75, 3.05) is 14.1 Å². The van der Waals surface area contributed by atoms with Crippen LogP contribution in [0.25, 0.3) is 16.3 Å². The number of nitrogens with one attached hydrogen (secondary N) is 1. The van der Waals surface area contributed by atoms with Gasteiger partial charge in [-0.1, -0.05) is 19.1 Å². The molecule has 3 aliphatic carbocycles. The summed E-state index contributed by atoms with van der Waals surface area (Å²) in [5.41, 5.74) is -0.0248. The molecule has 1 aromatic heterocycles. The number of aromatic nitrogens is 1. The minimum Gasteiger partial charge on any atom is -0.390 e. The van der Waals surface area contributed by atoms with E-state index in [9.17, 15) is 20.1 Å². The number of nitrogens with zero attached hydrogens (tertiary/aromatic N) is 1. The quantitative estimate of drug-likeness (QED) is 0.499. The number of fused-ring (bicyclic) bond motifs is 2.